The van der Waals surface area contributed by atoms with Crippen LogP contribution in [0.2, 0.25) is 0 Å². The molecule has 0 spiro atoms. The van der Waals surface area contributed by atoms with Gasteiger partial charge in [-0.15, -0.1) is 11.8 Å². The molecule has 1 heterocycles. The smallest absolute Gasteiger partial charge is 0.120 e. The Morgan fingerprint density at radius 2 is 1.80 bits per heavy atom. The standard InChI is InChI=1S/C23H34OS/c1-15-12-16(24-6)13-17-20(15)23(5)11-8-18-21(2,3)9-7-10-22(18,4)19(23)14-25-17/h12-13,18-19H,7-11,14H2,1-6H3/t18-,19+,22-,23+/m0/s1. The van der Waals surface area contributed by atoms with E-state index in [9.17, 15) is 0 Å². The number of aryl methyl sites for hydroxylation is 1. The summed E-state index contributed by atoms with van der Waals surface area (Å²) in [7, 11) is 1.79. The molecule has 2 heteroatoms. The molecular formula is C23H34OS. The molecule has 0 unspecified atom stereocenters. The van der Waals surface area contributed by atoms with Gasteiger partial charge in [0.1, 0.15) is 5.75 Å². The first-order chi connectivity index (χ1) is 11.7. The molecule has 0 aromatic heterocycles. The van der Waals surface area contributed by atoms with Crippen LogP contribution in [0.15, 0.2) is 17.0 Å². The highest BCUT2D eigenvalue weighted by Gasteiger charge is 2.60. The van der Waals surface area contributed by atoms with E-state index in [0.717, 1.165) is 17.6 Å². The van der Waals surface area contributed by atoms with Crippen LogP contribution in [0.25, 0.3) is 0 Å². The van der Waals surface area contributed by atoms with Gasteiger partial charge in [-0.05, 0) is 83.9 Å². The van der Waals surface area contributed by atoms with Gasteiger partial charge in [0.15, 0.2) is 0 Å². The van der Waals surface area contributed by atoms with Gasteiger partial charge in [0, 0.05) is 10.6 Å². The molecule has 2 fully saturated rings. The number of benzene rings is 1. The molecule has 2 saturated carbocycles. The largest absolute Gasteiger partial charge is 0.497 e. The van der Waals surface area contributed by atoms with Crippen molar-refractivity contribution in [3.8, 4) is 5.75 Å². The number of thioether (sulfide) groups is 1. The number of methoxy groups -OCH3 is 1. The molecule has 0 N–H and O–H groups in total. The van der Waals surface area contributed by atoms with Crippen molar-refractivity contribution in [1.82, 2.24) is 0 Å². The lowest BCUT2D eigenvalue weighted by molar-refractivity contribution is -0.0974. The van der Waals surface area contributed by atoms with E-state index in [1.165, 1.54) is 48.3 Å². The van der Waals surface area contributed by atoms with Gasteiger partial charge >= 0.3 is 0 Å². The van der Waals surface area contributed by atoms with E-state index in [1.54, 1.807) is 12.7 Å². The van der Waals surface area contributed by atoms with Crippen molar-refractivity contribution in [3.05, 3.63) is 23.3 Å². The third-order valence-corrected chi connectivity index (χ3v) is 9.41. The van der Waals surface area contributed by atoms with E-state index in [1.807, 2.05) is 0 Å². The predicted molar refractivity (Wildman–Crippen MR) is 108 cm³/mol. The number of hydrogen-bond donors (Lipinski definition) is 0. The number of hydrogen-bond acceptors (Lipinski definition) is 2. The normalized spacial score (nSPS) is 39.1. The Kier molecular flexibility index (Phi) is 4.04. The zero-order chi connectivity index (χ0) is 18.0. The predicted octanol–water partition coefficient (Wildman–Crippen LogP) is 6.61. The molecule has 0 bridgehead atoms. The van der Waals surface area contributed by atoms with Crippen LogP contribution < -0.4 is 4.74 Å². The monoisotopic (exact) mass is 358 g/mol. The highest BCUT2D eigenvalue weighted by Crippen LogP contribution is 2.67. The Balaban J connectivity index is 1.82. The Morgan fingerprint density at radius 3 is 2.52 bits per heavy atom. The lowest BCUT2D eigenvalue weighted by atomic mass is 9.42. The van der Waals surface area contributed by atoms with E-state index in [4.69, 9.17) is 4.74 Å². The third-order valence-electron chi connectivity index (χ3n) is 8.28. The van der Waals surface area contributed by atoms with E-state index >= 15 is 0 Å². The van der Waals surface area contributed by atoms with E-state index < -0.39 is 0 Å². The van der Waals surface area contributed by atoms with Crippen molar-refractivity contribution in [2.75, 3.05) is 12.9 Å². The fraction of sp³-hybridized carbons (Fsp3) is 0.739. The van der Waals surface area contributed by atoms with Gasteiger partial charge in [-0.25, -0.2) is 0 Å². The van der Waals surface area contributed by atoms with Crippen LogP contribution in [0.4, 0.5) is 0 Å². The first kappa shape index (κ1) is 17.8. The molecule has 0 saturated heterocycles. The summed E-state index contributed by atoms with van der Waals surface area (Å²) in [5, 5.41) is 0. The average Bonchev–Trinajstić information content (AvgIpc) is 2.52. The fourth-order valence-corrected chi connectivity index (χ4v) is 9.02. The van der Waals surface area contributed by atoms with Crippen LogP contribution in [0.1, 0.15) is 70.9 Å². The van der Waals surface area contributed by atoms with Crippen molar-refractivity contribution in [2.24, 2.45) is 22.7 Å². The first-order valence-electron chi connectivity index (χ1n) is 10.0. The van der Waals surface area contributed by atoms with Gasteiger partial charge < -0.3 is 4.74 Å². The summed E-state index contributed by atoms with van der Waals surface area (Å²) < 4.78 is 5.55. The molecule has 1 nitrogen and oxygen atoms in total. The summed E-state index contributed by atoms with van der Waals surface area (Å²) in [6.07, 6.45) is 6.99. The maximum atomic E-state index is 5.55. The second-order valence-electron chi connectivity index (χ2n) is 10.0. The summed E-state index contributed by atoms with van der Waals surface area (Å²) >= 11 is 2.09. The highest BCUT2D eigenvalue weighted by atomic mass is 32.2. The second kappa shape index (κ2) is 5.68. The van der Waals surface area contributed by atoms with Crippen LogP contribution in [0.5, 0.6) is 5.75 Å². The molecule has 4 rings (SSSR count). The maximum Gasteiger partial charge on any atom is 0.120 e. The average molecular weight is 359 g/mol. The van der Waals surface area contributed by atoms with Gasteiger partial charge in [-0.2, -0.15) is 0 Å². The van der Waals surface area contributed by atoms with Gasteiger partial charge in [0.05, 0.1) is 7.11 Å². The van der Waals surface area contributed by atoms with E-state index in [-0.39, 0.29) is 0 Å². The molecule has 1 aliphatic heterocycles. The van der Waals surface area contributed by atoms with Crippen LogP contribution >= 0.6 is 11.8 Å². The number of rotatable bonds is 1. The first-order valence-corrected chi connectivity index (χ1v) is 11.0. The summed E-state index contributed by atoms with van der Waals surface area (Å²) in [5.41, 5.74) is 4.40. The fourth-order valence-electron chi connectivity index (χ4n) is 7.18. The number of fused-ring (bicyclic) bond motifs is 5. The molecule has 4 atom stereocenters. The molecule has 2 aliphatic carbocycles. The SMILES string of the molecule is COc1cc(C)c2c(c1)SC[C@@H]1[C@@]3(C)CCCC(C)(C)[C@@H]3CC[C@@]21C. The third kappa shape index (κ3) is 2.42. The quantitative estimate of drug-likeness (QED) is 0.558. The lowest BCUT2D eigenvalue weighted by Gasteiger charge is -2.64. The van der Waals surface area contributed by atoms with Gasteiger partial charge in [0.25, 0.3) is 0 Å². The molecule has 3 aliphatic rings. The topological polar surface area (TPSA) is 9.23 Å². The summed E-state index contributed by atoms with van der Waals surface area (Å²) in [4.78, 5) is 1.48. The van der Waals surface area contributed by atoms with Crippen LogP contribution in [0, 0.1) is 29.6 Å². The molecule has 25 heavy (non-hydrogen) atoms. The van der Waals surface area contributed by atoms with Gasteiger partial charge in [0.2, 0.25) is 0 Å². The van der Waals surface area contributed by atoms with Crippen LogP contribution in [-0.4, -0.2) is 12.9 Å². The van der Waals surface area contributed by atoms with Crippen molar-refractivity contribution >= 4 is 11.8 Å². The van der Waals surface area contributed by atoms with Gasteiger partial charge in [-0.1, -0.05) is 34.1 Å². The lowest BCUT2D eigenvalue weighted by Crippen LogP contribution is -2.58. The second-order valence-corrected chi connectivity index (χ2v) is 11.1. The van der Waals surface area contributed by atoms with Gasteiger partial charge in [-0.3, -0.25) is 0 Å². The molecule has 1 aromatic rings. The van der Waals surface area contributed by atoms with Crippen molar-refractivity contribution in [3.63, 3.8) is 0 Å². The molecule has 0 amide bonds. The van der Waals surface area contributed by atoms with E-state index in [0.29, 0.717) is 16.2 Å². The molecule has 138 valence electrons. The van der Waals surface area contributed by atoms with Crippen LogP contribution in [0.3, 0.4) is 0 Å². The Bertz CT molecular complexity index is 694. The Hall–Kier alpha value is -0.630. The van der Waals surface area contributed by atoms with Crippen LogP contribution in [-0.2, 0) is 5.41 Å². The minimum absolute atomic E-state index is 0.329. The summed E-state index contributed by atoms with van der Waals surface area (Å²) in [6, 6.07) is 4.54. The number of ether oxygens (including phenoxy) is 1. The zero-order valence-electron chi connectivity index (χ0n) is 16.9. The highest BCUT2D eigenvalue weighted by molar-refractivity contribution is 7.99. The minimum Gasteiger partial charge on any atom is -0.497 e. The Labute approximate surface area is 158 Å². The molecule has 1 aromatic carbocycles. The molecular weight excluding hydrogens is 324 g/mol. The van der Waals surface area contributed by atoms with Crippen molar-refractivity contribution in [2.45, 2.75) is 77.0 Å². The zero-order valence-corrected chi connectivity index (χ0v) is 17.7. The van der Waals surface area contributed by atoms with Crippen molar-refractivity contribution < 1.29 is 4.74 Å². The van der Waals surface area contributed by atoms with E-state index in [2.05, 4.69) is 58.5 Å². The summed E-state index contributed by atoms with van der Waals surface area (Å²) in [5.74, 6) is 3.97. The maximum absolute atomic E-state index is 5.55. The Morgan fingerprint density at radius 1 is 1.04 bits per heavy atom. The minimum atomic E-state index is 0.329. The molecule has 0 radical (unpaired) electrons. The van der Waals surface area contributed by atoms with Crippen molar-refractivity contribution in [1.29, 1.82) is 0 Å². The summed E-state index contributed by atoms with van der Waals surface area (Å²) in [6.45, 7) is 12.6.